The second-order valence-corrected chi connectivity index (χ2v) is 3.80. The molecule has 0 aliphatic carbocycles. The number of hydrogen-bond acceptors (Lipinski definition) is 1. The summed E-state index contributed by atoms with van der Waals surface area (Å²) in [7, 11) is 4.09. The first-order valence-corrected chi connectivity index (χ1v) is 5.42. The van der Waals surface area contributed by atoms with E-state index in [1.807, 2.05) is 39.2 Å². The molecule has 0 aliphatic heterocycles. The van der Waals surface area contributed by atoms with Crippen molar-refractivity contribution in [1.29, 1.82) is 0 Å². The fourth-order valence-corrected chi connectivity index (χ4v) is 1.51. The van der Waals surface area contributed by atoms with Crippen molar-refractivity contribution in [3.63, 3.8) is 0 Å². The minimum Gasteiger partial charge on any atom is -0.378 e. The lowest BCUT2D eigenvalue weighted by Crippen LogP contribution is -2.08. The molecule has 1 rings (SSSR count). The predicted octanol–water partition coefficient (Wildman–Crippen LogP) is 3.90. The largest absolute Gasteiger partial charge is 0.378 e. The minimum absolute atomic E-state index is 1.18. The Bertz CT molecular complexity index is 394. The van der Waals surface area contributed by atoms with E-state index < -0.39 is 0 Å². The Morgan fingerprint density at radius 3 is 2.25 bits per heavy atom. The Labute approximate surface area is 98.4 Å². The summed E-state index contributed by atoms with van der Waals surface area (Å²) in [5.74, 6) is 0. The quantitative estimate of drug-likeness (QED) is 0.686. The van der Waals surface area contributed by atoms with Gasteiger partial charge in [-0.2, -0.15) is 0 Å². The molecular formula is C15H19N. The predicted molar refractivity (Wildman–Crippen MR) is 73.8 cm³/mol. The van der Waals surface area contributed by atoms with Crippen molar-refractivity contribution in [1.82, 2.24) is 0 Å². The number of rotatable bonds is 4. The van der Waals surface area contributed by atoms with Gasteiger partial charge in [0.1, 0.15) is 0 Å². The van der Waals surface area contributed by atoms with Crippen LogP contribution in [-0.4, -0.2) is 14.1 Å². The summed E-state index contributed by atoms with van der Waals surface area (Å²) in [5.41, 5.74) is 3.61. The van der Waals surface area contributed by atoms with Gasteiger partial charge in [-0.3, -0.25) is 0 Å². The standard InChI is InChI=1S/C15H19N/c1-5-7-13(8-6-2)14-9-11-15(12-10-14)16(3)4/h5-12H,1H2,2-4H3/b8-6-,13-7+. The van der Waals surface area contributed by atoms with Gasteiger partial charge in [-0.1, -0.05) is 43.0 Å². The van der Waals surface area contributed by atoms with Crippen molar-refractivity contribution >= 4 is 11.3 Å². The maximum Gasteiger partial charge on any atom is 0.0361 e. The van der Waals surface area contributed by atoms with Gasteiger partial charge in [0.2, 0.25) is 0 Å². The lowest BCUT2D eigenvalue weighted by molar-refractivity contribution is 1.13. The number of hydrogen-bond donors (Lipinski definition) is 0. The fourth-order valence-electron chi connectivity index (χ4n) is 1.51. The van der Waals surface area contributed by atoms with Gasteiger partial charge in [0.15, 0.2) is 0 Å². The smallest absolute Gasteiger partial charge is 0.0361 e. The highest BCUT2D eigenvalue weighted by Gasteiger charge is 1.98. The van der Waals surface area contributed by atoms with Crippen LogP contribution < -0.4 is 4.90 Å². The molecule has 16 heavy (non-hydrogen) atoms. The normalized spacial score (nSPS) is 11.8. The van der Waals surface area contributed by atoms with E-state index in [2.05, 4.69) is 41.8 Å². The van der Waals surface area contributed by atoms with Crippen molar-refractivity contribution in [2.24, 2.45) is 0 Å². The summed E-state index contributed by atoms with van der Waals surface area (Å²) >= 11 is 0. The number of allylic oxidation sites excluding steroid dienone is 5. The van der Waals surface area contributed by atoms with E-state index in [-0.39, 0.29) is 0 Å². The van der Waals surface area contributed by atoms with Crippen LogP contribution >= 0.6 is 0 Å². The number of nitrogens with zero attached hydrogens (tertiary/aromatic N) is 1. The van der Waals surface area contributed by atoms with Crippen LogP contribution in [-0.2, 0) is 0 Å². The molecule has 0 heterocycles. The first kappa shape index (κ1) is 12.3. The Hall–Kier alpha value is -1.76. The SMILES string of the molecule is C=C/C=C(\C=C/C)c1ccc(N(C)C)cc1. The van der Waals surface area contributed by atoms with Gasteiger partial charge >= 0.3 is 0 Å². The second-order valence-electron chi connectivity index (χ2n) is 3.80. The highest BCUT2D eigenvalue weighted by atomic mass is 15.1. The first-order valence-electron chi connectivity index (χ1n) is 5.42. The molecule has 0 aromatic heterocycles. The van der Waals surface area contributed by atoms with Gasteiger partial charge in [-0.05, 0) is 30.2 Å². The van der Waals surface area contributed by atoms with Crippen LogP contribution in [0.5, 0.6) is 0 Å². The maximum absolute atomic E-state index is 3.74. The lowest BCUT2D eigenvalue weighted by Gasteiger charge is -2.12. The Kier molecular flexibility index (Phi) is 4.59. The third-order valence-corrected chi connectivity index (χ3v) is 2.36. The molecule has 1 aromatic rings. The molecule has 0 fully saturated rings. The summed E-state index contributed by atoms with van der Waals surface area (Å²) in [6.07, 6.45) is 7.96. The first-order chi connectivity index (χ1) is 7.69. The summed E-state index contributed by atoms with van der Waals surface area (Å²) in [6, 6.07) is 8.50. The summed E-state index contributed by atoms with van der Waals surface area (Å²) < 4.78 is 0. The van der Waals surface area contributed by atoms with Gasteiger partial charge in [0, 0.05) is 19.8 Å². The van der Waals surface area contributed by atoms with Crippen LogP contribution in [0, 0.1) is 0 Å². The van der Waals surface area contributed by atoms with E-state index in [9.17, 15) is 0 Å². The van der Waals surface area contributed by atoms with Crippen molar-refractivity contribution < 1.29 is 0 Å². The Morgan fingerprint density at radius 1 is 1.19 bits per heavy atom. The fraction of sp³-hybridized carbons (Fsp3) is 0.200. The van der Waals surface area contributed by atoms with Crippen LogP contribution in [0.2, 0.25) is 0 Å². The molecule has 0 spiro atoms. The topological polar surface area (TPSA) is 3.24 Å². The molecule has 0 aliphatic rings. The summed E-state index contributed by atoms with van der Waals surface area (Å²) in [4.78, 5) is 2.09. The Balaban J connectivity index is 3.03. The van der Waals surface area contributed by atoms with Crippen LogP contribution in [0.4, 0.5) is 5.69 Å². The molecule has 0 atom stereocenters. The van der Waals surface area contributed by atoms with Gasteiger partial charge in [-0.25, -0.2) is 0 Å². The van der Waals surface area contributed by atoms with Crippen LogP contribution in [0.25, 0.3) is 5.57 Å². The summed E-state index contributed by atoms with van der Waals surface area (Å²) in [6.45, 7) is 5.75. The average Bonchev–Trinajstić information content (AvgIpc) is 2.29. The van der Waals surface area contributed by atoms with Gasteiger partial charge < -0.3 is 4.90 Å². The van der Waals surface area contributed by atoms with Crippen LogP contribution in [0.15, 0.2) is 55.1 Å². The van der Waals surface area contributed by atoms with E-state index in [4.69, 9.17) is 0 Å². The third kappa shape index (κ3) is 3.13. The molecule has 0 bridgehead atoms. The van der Waals surface area contributed by atoms with E-state index in [0.717, 1.165) is 0 Å². The van der Waals surface area contributed by atoms with Crippen molar-refractivity contribution in [3.05, 3.63) is 60.7 Å². The van der Waals surface area contributed by atoms with Gasteiger partial charge in [0.25, 0.3) is 0 Å². The molecular weight excluding hydrogens is 194 g/mol. The molecule has 1 nitrogen and oxygen atoms in total. The molecule has 1 aromatic carbocycles. The van der Waals surface area contributed by atoms with Crippen molar-refractivity contribution in [2.45, 2.75) is 6.92 Å². The minimum atomic E-state index is 1.18. The zero-order valence-corrected chi connectivity index (χ0v) is 10.3. The van der Waals surface area contributed by atoms with Gasteiger partial charge in [0.05, 0.1) is 0 Å². The molecule has 0 unspecified atom stereocenters. The molecule has 0 N–H and O–H groups in total. The third-order valence-electron chi connectivity index (χ3n) is 2.36. The highest BCUT2D eigenvalue weighted by molar-refractivity contribution is 5.75. The molecule has 0 amide bonds. The second kappa shape index (κ2) is 5.96. The van der Waals surface area contributed by atoms with E-state index in [1.165, 1.54) is 16.8 Å². The van der Waals surface area contributed by atoms with Crippen LogP contribution in [0.3, 0.4) is 0 Å². The van der Waals surface area contributed by atoms with Crippen molar-refractivity contribution in [3.8, 4) is 0 Å². The molecule has 0 radical (unpaired) electrons. The zero-order chi connectivity index (χ0) is 12.0. The number of anilines is 1. The molecule has 84 valence electrons. The number of benzene rings is 1. The van der Waals surface area contributed by atoms with E-state index >= 15 is 0 Å². The van der Waals surface area contributed by atoms with Crippen LogP contribution in [0.1, 0.15) is 12.5 Å². The van der Waals surface area contributed by atoms with Gasteiger partial charge in [-0.15, -0.1) is 0 Å². The van der Waals surface area contributed by atoms with E-state index in [1.54, 1.807) is 0 Å². The molecule has 0 saturated heterocycles. The van der Waals surface area contributed by atoms with Crippen molar-refractivity contribution in [2.75, 3.05) is 19.0 Å². The monoisotopic (exact) mass is 213 g/mol. The summed E-state index contributed by atoms with van der Waals surface area (Å²) in [5, 5.41) is 0. The highest BCUT2D eigenvalue weighted by Crippen LogP contribution is 2.19. The zero-order valence-electron chi connectivity index (χ0n) is 10.3. The average molecular weight is 213 g/mol. The Morgan fingerprint density at radius 2 is 1.81 bits per heavy atom. The maximum atomic E-state index is 3.74. The lowest BCUT2D eigenvalue weighted by atomic mass is 10.0. The molecule has 0 saturated carbocycles. The molecule has 1 heteroatoms. The van der Waals surface area contributed by atoms with E-state index in [0.29, 0.717) is 0 Å².